The minimum absolute atomic E-state index is 0.0330. The summed E-state index contributed by atoms with van der Waals surface area (Å²) >= 11 is 0. The van der Waals surface area contributed by atoms with Gasteiger partial charge in [0.25, 0.3) is 0 Å². The third-order valence-electron chi connectivity index (χ3n) is 7.68. The lowest BCUT2D eigenvalue weighted by Crippen LogP contribution is -2.58. The fraction of sp³-hybridized carbons (Fsp3) is 0.500. The van der Waals surface area contributed by atoms with Crippen molar-refractivity contribution in [2.24, 2.45) is 0 Å². The van der Waals surface area contributed by atoms with Crippen LogP contribution < -0.4 is 16.0 Å². The molecule has 4 rings (SSSR count). The Labute approximate surface area is 220 Å². The fourth-order valence-electron chi connectivity index (χ4n) is 5.75. The van der Waals surface area contributed by atoms with Crippen molar-refractivity contribution in [3.05, 3.63) is 71.8 Å². The molecule has 0 spiro atoms. The molecule has 0 radical (unpaired) electrons. The number of nitrogens with one attached hydrogen (secondary N) is 3. The minimum Gasteiger partial charge on any atom is -0.343 e. The second-order valence-electron chi connectivity index (χ2n) is 10.1. The van der Waals surface area contributed by atoms with E-state index in [0.717, 1.165) is 36.8 Å². The van der Waals surface area contributed by atoms with Gasteiger partial charge in [-0.2, -0.15) is 0 Å². The Bertz CT molecular complexity index is 1010. The molecule has 2 aromatic rings. The molecule has 4 atom stereocenters. The molecule has 2 aliphatic heterocycles. The Hall–Kier alpha value is -3.19. The molecule has 3 amide bonds. The number of amides is 3. The topological polar surface area (TPSA) is 90.5 Å². The zero-order chi connectivity index (χ0) is 26.2. The highest BCUT2D eigenvalue weighted by Crippen LogP contribution is 2.32. The van der Waals surface area contributed by atoms with Crippen molar-refractivity contribution in [3.8, 4) is 0 Å². The largest absolute Gasteiger partial charge is 0.343 e. The molecule has 0 aromatic heterocycles. The van der Waals surface area contributed by atoms with Crippen LogP contribution in [-0.4, -0.2) is 53.3 Å². The van der Waals surface area contributed by atoms with Gasteiger partial charge in [-0.25, -0.2) is 0 Å². The van der Waals surface area contributed by atoms with Gasteiger partial charge in [0, 0.05) is 6.04 Å². The van der Waals surface area contributed by atoms with Crippen molar-refractivity contribution in [2.75, 3.05) is 6.54 Å². The van der Waals surface area contributed by atoms with E-state index in [1.165, 1.54) is 0 Å². The van der Waals surface area contributed by atoms with Gasteiger partial charge < -0.3 is 20.9 Å². The van der Waals surface area contributed by atoms with Crippen LogP contribution in [0.5, 0.6) is 0 Å². The summed E-state index contributed by atoms with van der Waals surface area (Å²) < 4.78 is 0. The molecule has 198 valence electrons. The standard InChI is InChI=1S/C30H40N4O3/c1-3-24(31-4-2)28(35)32-25-18-12-11-17-23-19-20-26(34(23)30(25)37)29(36)33-27(21-13-7-5-8-14-21)22-15-9-6-10-16-22/h5-10,13-16,23-27,31H,3-4,11-12,17-20H2,1-2H3,(H,32,35)(H,33,36)/t23-,24-,25-,26-/m0/s1. The Morgan fingerprint density at radius 1 is 0.892 bits per heavy atom. The van der Waals surface area contributed by atoms with E-state index in [-0.39, 0.29) is 35.8 Å². The second kappa shape index (κ2) is 12.9. The third-order valence-corrected chi connectivity index (χ3v) is 7.68. The number of benzene rings is 2. The molecule has 0 unspecified atom stereocenters. The lowest BCUT2D eigenvalue weighted by atomic mass is 9.97. The third kappa shape index (κ3) is 6.39. The van der Waals surface area contributed by atoms with Crippen LogP contribution in [0, 0.1) is 0 Å². The highest BCUT2D eigenvalue weighted by Gasteiger charge is 2.44. The van der Waals surface area contributed by atoms with Gasteiger partial charge in [-0.1, -0.05) is 87.4 Å². The molecule has 2 heterocycles. The number of nitrogens with zero attached hydrogens (tertiary/aromatic N) is 1. The molecular weight excluding hydrogens is 464 g/mol. The molecule has 7 heteroatoms. The lowest BCUT2D eigenvalue weighted by Gasteiger charge is -2.36. The Balaban J connectivity index is 1.54. The Morgan fingerprint density at radius 3 is 2.11 bits per heavy atom. The summed E-state index contributed by atoms with van der Waals surface area (Å²) in [5, 5.41) is 9.45. The summed E-state index contributed by atoms with van der Waals surface area (Å²) in [5.41, 5.74) is 1.99. The van der Waals surface area contributed by atoms with Crippen molar-refractivity contribution in [3.63, 3.8) is 0 Å². The van der Waals surface area contributed by atoms with Crippen LogP contribution in [0.25, 0.3) is 0 Å². The highest BCUT2D eigenvalue weighted by atomic mass is 16.2. The van der Waals surface area contributed by atoms with E-state index >= 15 is 0 Å². The van der Waals surface area contributed by atoms with E-state index in [4.69, 9.17) is 0 Å². The fourth-order valence-corrected chi connectivity index (χ4v) is 5.75. The van der Waals surface area contributed by atoms with Gasteiger partial charge in [-0.05, 0) is 49.8 Å². The zero-order valence-electron chi connectivity index (χ0n) is 22.0. The van der Waals surface area contributed by atoms with Gasteiger partial charge in [0.1, 0.15) is 12.1 Å². The summed E-state index contributed by atoms with van der Waals surface area (Å²) in [7, 11) is 0. The molecule has 0 saturated carbocycles. The van der Waals surface area contributed by atoms with Gasteiger partial charge in [-0.3, -0.25) is 14.4 Å². The van der Waals surface area contributed by atoms with Crippen molar-refractivity contribution in [1.82, 2.24) is 20.9 Å². The first-order chi connectivity index (χ1) is 18.0. The SMILES string of the molecule is CCN[C@@H](CC)C(=O)N[C@H]1CCCC[C@H]2CC[C@@H](C(=O)NC(c3ccccc3)c3ccccc3)N2C1=O. The van der Waals surface area contributed by atoms with E-state index in [0.29, 0.717) is 25.8 Å². The van der Waals surface area contributed by atoms with Gasteiger partial charge in [-0.15, -0.1) is 0 Å². The molecule has 2 saturated heterocycles. The maximum Gasteiger partial charge on any atom is 0.246 e. The number of hydrogen-bond acceptors (Lipinski definition) is 4. The van der Waals surface area contributed by atoms with Crippen molar-refractivity contribution in [1.29, 1.82) is 0 Å². The summed E-state index contributed by atoms with van der Waals surface area (Å²) in [6.07, 6.45) is 5.46. The van der Waals surface area contributed by atoms with Crippen LogP contribution in [0.1, 0.15) is 76.0 Å². The van der Waals surface area contributed by atoms with Crippen molar-refractivity contribution < 1.29 is 14.4 Å². The van der Waals surface area contributed by atoms with Crippen molar-refractivity contribution in [2.45, 2.75) is 89.0 Å². The maximum absolute atomic E-state index is 13.8. The molecular formula is C30H40N4O3. The van der Waals surface area contributed by atoms with E-state index in [2.05, 4.69) is 16.0 Å². The molecule has 0 bridgehead atoms. The quantitative estimate of drug-likeness (QED) is 0.486. The summed E-state index contributed by atoms with van der Waals surface area (Å²) in [6.45, 7) is 4.61. The van der Waals surface area contributed by atoms with Crippen LogP contribution in [0.15, 0.2) is 60.7 Å². The Kier molecular flexibility index (Phi) is 9.34. The van der Waals surface area contributed by atoms with Crippen LogP contribution in [0.3, 0.4) is 0 Å². The number of hydrogen-bond donors (Lipinski definition) is 3. The second-order valence-corrected chi connectivity index (χ2v) is 10.1. The highest BCUT2D eigenvalue weighted by molar-refractivity contribution is 5.94. The summed E-state index contributed by atoms with van der Waals surface area (Å²) in [5.74, 6) is -0.412. The maximum atomic E-state index is 13.8. The van der Waals surface area contributed by atoms with Gasteiger partial charge in [0.2, 0.25) is 17.7 Å². The van der Waals surface area contributed by atoms with Crippen LogP contribution in [0.4, 0.5) is 0 Å². The summed E-state index contributed by atoms with van der Waals surface area (Å²) in [4.78, 5) is 42.3. The van der Waals surface area contributed by atoms with Gasteiger partial charge in [0.15, 0.2) is 0 Å². The molecule has 2 aliphatic rings. The smallest absolute Gasteiger partial charge is 0.246 e. The average Bonchev–Trinajstić information content (AvgIpc) is 3.35. The molecule has 0 aliphatic carbocycles. The first-order valence-electron chi connectivity index (χ1n) is 13.8. The molecule has 37 heavy (non-hydrogen) atoms. The first-order valence-corrected chi connectivity index (χ1v) is 13.8. The molecule has 7 nitrogen and oxygen atoms in total. The van der Waals surface area contributed by atoms with Crippen molar-refractivity contribution >= 4 is 17.7 Å². The number of carbonyl (C=O) groups excluding carboxylic acids is 3. The van der Waals surface area contributed by atoms with Crippen LogP contribution in [0.2, 0.25) is 0 Å². The van der Waals surface area contributed by atoms with E-state index in [9.17, 15) is 14.4 Å². The summed E-state index contributed by atoms with van der Waals surface area (Å²) in [6, 6.07) is 18.1. The van der Waals surface area contributed by atoms with E-state index in [1.54, 1.807) is 4.90 Å². The van der Waals surface area contributed by atoms with E-state index < -0.39 is 12.1 Å². The minimum atomic E-state index is -0.601. The lowest BCUT2D eigenvalue weighted by molar-refractivity contribution is -0.144. The normalized spacial score (nSPS) is 22.6. The van der Waals surface area contributed by atoms with E-state index in [1.807, 2.05) is 74.5 Å². The van der Waals surface area contributed by atoms with Gasteiger partial charge >= 0.3 is 0 Å². The number of likely N-dealkylation sites (N-methyl/N-ethyl adjacent to an activating group) is 1. The Morgan fingerprint density at radius 2 is 1.51 bits per heavy atom. The molecule has 2 fully saturated rings. The average molecular weight is 505 g/mol. The first kappa shape index (κ1) is 26.9. The van der Waals surface area contributed by atoms with Crippen LogP contribution >= 0.6 is 0 Å². The monoisotopic (exact) mass is 504 g/mol. The number of rotatable bonds is 9. The molecule has 3 N–H and O–H groups in total. The predicted molar refractivity (Wildman–Crippen MR) is 145 cm³/mol. The van der Waals surface area contributed by atoms with Crippen LogP contribution in [-0.2, 0) is 14.4 Å². The number of carbonyl (C=O) groups is 3. The molecule has 2 aromatic carbocycles. The number of fused-ring (bicyclic) bond motifs is 1. The van der Waals surface area contributed by atoms with Gasteiger partial charge in [0.05, 0.1) is 12.1 Å². The predicted octanol–water partition coefficient (Wildman–Crippen LogP) is 3.70. The zero-order valence-corrected chi connectivity index (χ0v) is 22.0.